The van der Waals surface area contributed by atoms with Gasteiger partial charge in [-0.25, -0.2) is 15.0 Å². The van der Waals surface area contributed by atoms with Gasteiger partial charge in [0.1, 0.15) is 0 Å². The van der Waals surface area contributed by atoms with Crippen molar-refractivity contribution in [3.63, 3.8) is 0 Å². The molecule has 2 aromatic heterocycles. The molecule has 4 heteroatoms. The van der Waals surface area contributed by atoms with E-state index in [0.29, 0.717) is 17.5 Å². The Labute approximate surface area is 322 Å². The van der Waals surface area contributed by atoms with E-state index in [1.54, 1.807) is 0 Å². The lowest BCUT2D eigenvalue weighted by Gasteiger charge is -2.22. The van der Waals surface area contributed by atoms with Crippen LogP contribution in [-0.4, -0.2) is 19.9 Å². The molecule has 2 heterocycles. The SMILES string of the molecule is C/C=C\c1c(CC)c2c(c3ccc(-c4cc(-c5cccc(-c6ccncc6)c5)cc(-c5nc(-c6ccccc6)nc(-c6ccccc6)n5)c4)cc13)C=CCC2. The predicted octanol–water partition coefficient (Wildman–Crippen LogP) is 13.0. The molecule has 4 nitrogen and oxygen atoms in total. The highest BCUT2D eigenvalue weighted by Crippen LogP contribution is 2.40. The van der Waals surface area contributed by atoms with Crippen molar-refractivity contribution < 1.29 is 0 Å². The average molecular weight is 709 g/mol. The van der Waals surface area contributed by atoms with Gasteiger partial charge < -0.3 is 0 Å². The van der Waals surface area contributed by atoms with Crippen molar-refractivity contribution in [2.24, 2.45) is 0 Å². The van der Waals surface area contributed by atoms with Crippen LogP contribution in [0.5, 0.6) is 0 Å². The Morgan fingerprint density at radius 2 is 1.09 bits per heavy atom. The van der Waals surface area contributed by atoms with E-state index < -0.39 is 0 Å². The van der Waals surface area contributed by atoms with Crippen LogP contribution in [0.2, 0.25) is 0 Å². The van der Waals surface area contributed by atoms with E-state index in [1.165, 1.54) is 33.0 Å². The van der Waals surface area contributed by atoms with Crippen molar-refractivity contribution in [1.82, 2.24) is 19.9 Å². The molecule has 1 aliphatic carbocycles. The Kier molecular flexibility index (Phi) is 9.23. The molecule has 0 atom stereocenters. The molecule has 0 N–H and O–H groups in total. The molecule has 0 bridgehead atoms. The maximum atomic E-state index is 5.15. The Morgan fingerprint density at radius 1 is 0.527 bits per heavy atom. The van der Waals surface area contributed by atoms with Crippen LogP contribution in [0.3, 0.4) is 0 Å². The molecule has 264 valence electrons. The smallest absolute Gasteiger partial charge is 0.164 e. The molecule has 9 rings (SSSR count). The summed E-state index contributed by atoms with van der Waals surface area (Å²) in [6.07, 6.45) is 16.0. The van der Waals surface area contributed by atoms with Crippen molar-refractivity contribution in [1.29, 1.82) is 0 Å². The van der Waals surface area contributed by atoms with Gasteiger partial charge in [0.15, 0.2) is 17.5 Å². The Balaban J connectivity index is 1.29. The van der Waals surface area contributed by atoms with E-state index in [1.807, 2.05) is 48.8 Å². The first-order valence-corrected chi connectivity index (χ1v) is 19.1. The zero-order valence-corrected chi connectivity index (χ0v) is 31.1. The lowest BCUT2D eigenvalue weighted by molar-refractivity contribution is 0.949. The second kappa shape index (κ2) is 14.9. The van der Waals surface area contributed by atoms with Crippen LogP contribution in [-0.2, 0) is 12.8 Å². The molecule has 0 spiro atoms. The molecule has 6 aromatic carbocycles. The van der Waals surface area contributed by atoms with E-state index in [9.17, 15) is 0 Å². The van der Waals surface area contributed by atoms with Crippen LogP contribution in [0.4, 0.5) is 0 Å². The molecule has 0 saturated heterocycles. The van der Waals surface area contributed by atoms with Gasteiger partial charge in [-0.1, -0.05) is 122 Å². The highest BCUT2D eigenvalue weighted by Gasteiger charge is 2.19. The third-order valence-electron chi connectivity index (χ3n) is 10.6. The van der Waals surface area contributed by atoms with Crippen LogP contribution < -0.4 is 0 Å². The molecule has 0 saturated carbocycles. The Morgan fingerprint density at radius 3 is 1.73 bits per heavy atom. The fourth-order valence-electron chi connectivity index (χ4n) is 7.95. The first-order chi connectivity index (χ1) is 27.2. The molecule has 0 unspecified atom stereocenters. The van der Waals surface area contributed by atoms with E-state index in [0.717, 1.165) is 69.3 Å². The predicted molar refractivity (Wildman–Crippen MR) is 229 cm³/mol. The van der Waals surface area contributed by atoms with Crippen molar-refractivity contribution in [3.05, 3.63) is 180 Å². The summed E-state index contributed by atoms with van der Waals surface area (Å²) in [5, 5.41) is 2.58. The van der Waals surface area contributed by atoms with Crippen LogP contribution in [0, 0.1) is 0 Å². The highest BCUT2D eigenvalue weighted by atomic mass is 15.0. The lowest BCUT2D eigenvalue weighted by atomic mass is 9.82. The van der Waals surface area contributed by atoms with E-state index in [2.05, 4.69) is 140 Å². The third-order valence-corrected chi connectivity index (χ3v) is 10.6. The Hall–Kier alpha value is -6.78. The number of allylic oxidation sites excluding steroid dienone is 2. The highest BCUT2D eigenvalue weighted by molar-refractivity contribution is 6.02. The van der Waals surface area contributed by atoms with Crippen molar-refractivity contribution >= 4 is 22.9 Å². The van der Waals surface area contributed by atoms with Crippen LogP contribution >= 0.6 is 0 Å². The number of benzene rings is 6. The second-order valence-corrected chi connectivity index (χ2v) is 14.0. The number of hydrogen-bond acceptors (Lipinski definition) is 4. The zero-order chi connectivity index (χ0) is 37.1. The number of fused-ring (bicyclic) bond motifs is 3. The molecule has 0 amide bonds. The largest absolute Gasteiger partial charge is 0.265 e. The molecule has 0 aliphatic heterocycles. The number of rotatable bonds is 8. The topological polar surface area (TPSA) is 51.6 Å². The minimum Gasteiger partial charge on any atom is -0.265 e. The maximum absolute atomic E-state index is 5.15. The van der Waals surface area contributed by atoms with Gasteiger partial charge in [-0.05, 0) is 135 Å². The van der Waals surface area contributed by atoms with Gasteiger partial charge in [-0.3, -0.25) is 4.98 Å². The van der Waals surface area contributed by atoms with Crippen molar-refractivity contribution in [2.45, 2.75) is 33.1 Å². The molecule has 55 heavy (non-hydrogen) atoms. The van der Waals surface area contributed by atoms with Crippen LogP contribution in [0.15, 0.2) is 158 Å². The van der Waals surface area contributed by atoms with E-state index in [-0.39, 0.29) is 0 Å². The van der Waals surface area contributed by atoms with Gasteiger partial charge in [0, 0.05) is 29.1 Å². The standard InChI is InChI=1S/C51H40N4/c1-3-14-44-43(4-2)45-21-11-12-22-46(45)47-24-23-39(33-48(44)47)41-30-40(38-20-13-19-37(29-38)34-25-27-52-28-26-34)31-42(32-41)51-54-49(35-15-7-5-8-16-35)53-50(55-51)36-17-9-6-10-18-36/h3,5-10,12-20,22-33H,4,11,21H2,1-2H3/b14-3-. The molecular weight excluding hydrogens is 669 g/mol. The third kappa shape index (κ3) is 6.68. The van der Waals surface area contributed by atoms with Gasteiger partial charge in [0.25, 0.3) is 0 Å². The quantitative estimate of drug-likeness (QED) is 0.158. The van der Waals surface area contributed by atoms with Gasteiger partial charge >= 0.3 is 0 Å². The van der Waals surface area contributed by atoms with Gasteiger partial charge in [0.05, 0.1) is 0 Å². The number of pyridine rings is 1. The van der Waals surface area contributed by atoms with Gasteiger partial charge in [-0.15, -0.1) is 0 Å². The average Bonchev–Trinajstić information content (AvgIpc) is 3.27. The maximum Gasteiger partial charge on any atom is 0.164 e. The zero-order valence-electron chi connectivity index (χ0n) is 31.1. The van der Waals surface area contributed by atoms with E-state index >= 15 is 0 Å². The normalized spacial score (nSPS) is 12.3. The minimum atomic E-state index is 0.629. The van der Waals surface area contributed by atoms with Crippen LogP contribution in [0.1, 0.15) is 42.5 Å². The monoisotopic (exact) mass is 708 g/mol. The fourth-order valence-corrected chi connectivity index (χ4v) is 7.95. The van der Waals surface area contributed by atoms with Gasteiger partial charge in [0.2, 0.25) is 0 Å². The van der Waals surface area contributed by atoms with E-state index in [4.69, 9.17) is 15.0 Å². The second-order valence-electron chi connectivity index (χ2n) is 14.0. The molecule has 8 aromatic rings. The number of aromatic nitrogens is 4. The van der Waals surface area contributed by atoms with Gasteiger partial charge in [-0.2, -0.15) is 0 Å². The fraction of sp³-hybridized carbons (Fsp3) is 0.0980. The first kappa shape index (κ1) is 34.0. The number of hydrogen-bond donors (Lipinski definition) is 0. The summed E-state index contributed by atoms with van der Waals surface area (Å²) in [5.74, 6) is 1.91. The molecule has 1 aliphatic rings. The first-order valence-electron chi connectivity index (χ1n) is 19.1. The summed E-state index contributed by atoms with van der Waals surface area (Å²) in [7, 11) is 0. The lowest BCUT2D eigenvalue weighted by Crippen LogP contribution is -2.04. The summed E-state index contributed by atoms with van der Waals surface area (Å²) in [5.41, 5.74) is 15.2. The van der Waals surface area contributed by atoms with Crippen molar-refractivity contribution in [2.75, 3.05) is 0 Å². The molecule has 0 radical (unpaired) electrons. The minimum absolute atomic E-state index is 0.629. The summed E-state index contributed by atoms with van der Waals surface area (Å²) < 4.78 is 0. The summed E-state index contributed by atoms with van der Waals surface area (Å²) in [6, 6.07) is 46.9. The summed E-state index contributed by atoms with van der Waals surface area (Å²) in [4.78, 5) is 19.5. The van der Waals surface area contributed by atoms with Crippen molar-refractivity contribution in [3.8, 4) is 67.5 Å². The molecular formula is C51H40N4. The number of nitrogens with zero attached hydrogens (tertiary/aromatic N) is 4. The Bertz CT molecular complexity index is 2670. The summed E-state index contributed by atoms with van der Waals surface area (Å²) >= 11 is 0. The summed E-state index contributed by atoms with van der Waals surface area (Å²) in [6.45, 7) is 4.40. The molecule has 0 fully saturated rings. The van der Waals surface area contributed by atoms with Crippen LogP contribution in [0.25, 0.3) is 90.5 Å².